The van der Waals surface area contributed by atoms with Crippen molar-refractivity contribution < 1.29 is 9.13 Å². The van der Waals surface area contributed by atoms with Gasteiger partial charge in [0.15, 0.2) is 0 Å². The predicted molar refractivity (Wildman–Crippen MR) is 63.5 cm³/mol. The van der Waals surface area contributed by atoms with Crippen LogP contribution in [-0.2, 0) is 0 Å². The average Bonchev–Trinajstić information content (AvgIpc) is 2.13. The summed E-state index contributed by atoms with van der Waals surface area (Å²) in [5, 5.41) is 0. The van der Waals surface area contributed by atoms with Crippen LogP contribution in [0.3, 0.4) is 0 Å². The Morgan fingerprint density at radius 1 is 1.54 bits per heavy atom. The van der Waals surface area contributed by atoms with Crippen molar-refractivity contribution >= 4 is 34.0 Å². The van der Waals surface area contributed by atoms with E-state index < -0.39 is 5.82 Å². The van der Waals surface area contributed by atoms with Gasteiger partial charge in [-0.3, -0.25) is 0 Å². The molecule has 0 saturated carbocycles. The molecule has 1 rings (SSSR count). The second-order valence-corrected chi connectivity index (χ2v) is 5.44. The lowest BCUT2D eigenvalue weighted by molar-refractivity contribution is 0.344. The second kappa shape index (κ2) is 5.60. The summed E-state index contributed by atoms with van der Waals surface area (Å²) in [6, 6.07) is 4.59. The lowest BCUT2D eigenvalue weighted by Gasteiger charge is -2.07. The summed E-state index contributed by atoms with van der Waals surface area (Å²) >= 11 is 2.29. The Morgan fingerprint density at radius 3 is 3.00 bits per heavy atom. The minimum atomic E-state index is -0.422. The molecule has 1 unspecified atom stereocenters. The Bertz CT molecular complexity index is 285. The van der Waals surface area contributed by atoms with E-state index in [0.29, 0.717) is 12.4 Å². The zero-order valence-electron chi connectivity index (χ0n) is 6.89. The molecule has 0 aromatic heterocycles. The number of hydrogen-bond acceptors (Lipinski definition) is 2. The summed E-state index contributed by atoms with van der Waals surface area (Å²) in [7, 11) is 0. The van der Waals surface area contributed by atoms with Crippen molar-refractivity contribution in [1.29, 1.82) is 0 Å². The van der Waals surface area contributed by atoms with Crippen LogP contribution in [-0.4, -0.2) is 12.8 Å². The van der Waals surface area contributed by atoms with Gasteiger partial charge in [-0.2, -0.15) is 0 Å². The Labute approximate surface area is 91.3 Å². The van der Waals surface area contributed by atoms with Gasteiger partial charge in [0.2, 0.25) is 0 Å². The van der Waals surface area contributed by atoms with Crippen molar-refractivity contribution in [2.75, 3.05) is 18.5 Å². The fourth-order valence-electron chi connectivity index (χ4n) is 0.843. The Kier molecular flexibility index (Phi) is 4.73. The minimum absolute atomic E-state index is 0.0966. The molecule has 0 aliphatic carbocycles. The summed E-state index contributed by atoms with van der Waals surface area (Å²) < 4.78 is 18.2. The van der Waals surface area contributed by atoms with Crippen LogP contribution in [0.15, 0.2) is 18.2 Å². The van der Waals surface area contributed by atoms with Crippen LogP contribution in [0.2, 0.25) is 0 Å². The highest BCUT2D eigenvalue weighted by Gasteiger charge is 2.04. The first kappa shape index (κ1) is 11.0. The third-order valence-corrected chi connectivity index (χ3v) is 3.48. The number of para-hydroxylation sites is 1. The number of ether oxygens (including phenoxy) is 1. The standard InChI is InChI=1S/C8H10FINOP/c9-6-2-1-3-7(8(6)11)12-4-5-13-10/h1-3,13H,4-5,11H2. The van der Waals surface area contributed by atoms with Crippen LogP contribution < -0.4 is 10.5 Å². The fourth-order valence-corrected chi connectivity index (χ4v) is 1.68. The van der Waals surface area contributed by atoms with Crippen molar-refractivity contribution in [2.45, 2.75) is 0 Å². The maximum absolute atomic E-state index is 12.9. The van der Waals surface area contributed by atoms with Gasteiger partial charge in [-0.25, -0.2) is 4.39 Å². The Morgan fingerprint density at radius 2 is 2.31 bits per heavy atom. The molecule has 0 radical (unpaired) electrons. The van der Waals surface area contributed by atoms with Crippen molar-refractivity contribution in [1.82, 2.24) is 0 Å². The van der Waals surface area contributed by atoms with E-state index in [1.807, 2.05) is 0 Å². The summed E-state index contributed by atoms with van der Waals surface area (Å²) in [4.78, 5) is 0. The number of nitrogens with two attached hydrogens (primary N) is 1. The number of nitrogen functional groups attached to an aromatic ring is 1. The second-order valence-electron chi connectivity index (χ2n) is 2.38. The van der Waals surface area contributed by atoms with E-state index in [2.05, 4.69) is 22.0 Å². The molecule has 1 aromatic rings. The molecule has 0 fully saturated rings. The van der Waals surface area contributed by atoms with Crippen LogP contribution in [0.1, 0.15) is 0 Å². The third-order valence-electron chi connectivity index (χ3n) is 1.47. The highest BCUT2D eigenvalue weighted by Crippen LogP contribution is 2.25. The maximum Gasteiger partial charge on any atom is 0.149 e. The molecule has 72 valence electrons. The normalized spacial score (nSPS) is 10.9. The van der Waals surface area contributed by atoms with E-state index in [0.717, 1.165) is 12.4 Å². The van der Waals surface area contributed by atoms with Crippen LogP contribution in [0.4, 0.5) is 10.1 Å². The first-order chi connectivity index (χ1) is 6.25. The molecule has 2 nitrogen and oxygen atoms in total. The smallest absolute Gasteiger partial charge is 0.149 e. The van der Waals surface area contributed by atoms with Gasteiger partial charge >= 0.3 is 0 Å². The monoisotopic (exact) mass is 313 g/mol. The molecular weight excluding hydrogens is 303 g/mol. The molecule has 0 bridgehead atoms. The highest BCUT2D eigenvalue weighted by atomic mass is 127. The van der Waals surface area contributed by atoms with E-state index in [1.54, 1.807) is 12.1 Å². The van der Waals surface area contributed by atoms with Crippen LogP contribution in [0.25, 0.3) is 0 Å². The van der Waals surface area contributed by atoms with Crippen LogP contribution >= 0.6 is 28.3 Å². The molecule has 13 heavy (non-hydrogen) atoms. The van der Waals surface area contributed by atoms with E-state index in [9.17, 15) is 4.39 Å². The van der Waals surface area contributed by atoms with Gasteiger partial charge in [-0.15, -0.1) is 0 Å². The summed E-state index contributed by atoms with van der Waals surface area (Å²) in [6.07, 6.45) is 1.78. The van der Waals surface area contributed by atoms with Crippen molar-refractivity contribution in [2.24, 2.45) is 0 Å². The summed E-state index contributed by atoms with van der Waals surface area (Å²) in [6.45, 7) is 0.592. The zero-order valence-corrected chi connectivity index (χ0v) is 10.0. The largest absolute Gasteiger partial charge is 0.491 e. The lowest BCUT2D eigenvalue weighted by Crippen LogP contribution is -2.02. The molecule has 0 aliphatic rings. The quantitative estimate of drug-likeness (QED) is 0.401. The van der Waals surface area contributed by atoms with Gasteiger partial charge in [0.1, 0.15) is 17.3 Å². The number of rotatable bonds is 4. The number of halogens is 2. The molecule has 1 atom stereocenters. The molecule has 0 spiro atoms. The van der Waals surface area contributed by atoms with E-state index in [1.165, 1.54) is 6.07 Å². The van der Waals surface area contributed by atoms with Crippen molar-refractivity contribution in [3.8, 4) is 5.75 Å². The molecule has 2 N–H and O–H groups in total. The van der Waals surface area contributed by atoms with Gasteiger partial charge in [0.25, 0.3) is 0 Å². The molecule has 0 aliphatic heterocycles. The zero-order chi connectivity index (χ0) is 9.68. The van der Waals surface area contributed by atoms with E-state index in [4.69, 9.17) is 10.5 Å². The number of benzene rings is 1. The summed E-state index contributed by atoms with van der Waals surface area (Å²) in [5.41, 5.74) is 5.56. The lowest BCUT2D eigenvalue weighted by atomic mass is 10.3. The van der Waals surface area contributed by atoms with Crippen molar-refractivity contribution in [3.63, 3.8) is 0 Å². The van der Waals surface area contributed by atoms with Gasteiger partial charge in [0.05, 0.1) is 6.61 Å². The van der Waals surface area contributed by atoms with Gasteiger partial charge < -0.3 is 10.5 Å². The minimum Gasteiger partial charge on any atom is -0.491 e. The molecule has 1 aromatic carbocycles. The van der Waals surface area contributed by atoms with Crippen molar-refractivity contribution in [3.05, 3.63) is 24.0 Å². The van der Waals surface area contributed by atoms with Gasteiger partial charge in [0, 0.05) is 6.16 Å². The first-order valence-corrected chi connectivity index (χ1v) is 8.08. The molecular formula is C8H10FINOP. The molecule has 0 heterocycles. The molecule has 0 amide bonds. The highest BCUT2D eigenvalue weighted by molar-refractivity contribution is 14.2. The summed E-state index contributed by atoms with van der Waals surface area (Å²) in [5.74, 6) is 0.0177. The van der Waals surface area contributed by atoms with Crippen LogP contribution in [0, 0.1) is 5.82 Å². The van der Waals surface area contributed by atoms with E-state index >= 15 is 0 Å². The first-order valence-electron chi connectivity index (χ1n) is 3.76. The molecule has 0 saturated heterocycles. The number of hydrogen-bond donors (Lipinski definition) is 1. The van der Waals surface area contributed by atoms with Gasteiger partial charge in [-0.05, 0) is 12.1 Å². The van der Waals surface area contributed by atoms with Crippen LogP contribution in [0.5, 0.6) is 5.75 Å². The maximum atomic E-state index is 12.9. The third kappa shape index (κ3) is 3.27. The SMILES string of the molecule is Nc1c(F)cccc1OCCPI. The average molecular weight is 313 g/mol. The number of anilines is 1. The Balaban J connectivity index is 2.61. The topological polar surface area (TPSA) is 35.2 Å². The Hall–Kier alpha value is -0.0900. The van der Waals surface area contributed by atoms with E-state index in [-0.39, 0.29) is 5.69 Å². The fraction of sp³-hybridized carbons (Fsp3) is 0.250. The molecule has 5 heteroatoms. The predicted octanol–water partition coefficient (Wildman–Crippen LogP) is 2.82. The van der Waals surface area contributed by atoms with Gasteiger partial charge in [-0.1, -0.05) is 34.3 Å².